The first kappa shape index (κ1) is 11.2. The molecule has 2 heterocycles. The van der Waals surface area contributed by atoms with Gasteiger partial charge in [-0.25, -0.2) is 4.79 Å². The summed E-state index contributed by atoms with van der Waals surface area (Å²) in [5.41, 5.74) is 1.12. The largest absolute Gasteiger partial charge is 0.463 e. The van der Waals surface area contributed by atoms with Gasteiger partial charge in [-0.15, -0.1) is 0 Å². The SMILES string of the molecule is CCOC(=O)C=C1CCN2C(=O)CCC2C1. The summed E-state index contributed by atoms with van der Waals surface area (Å²) in [5, 5.41) is 0. The van der Waals surface area contributed by atoms with Crippen LogP contribution in [0.5, 0.6) is 0 Å². The maximum absolute atomic E-state index is 11.5. The third-order valence-electron chi connectivity index (χ3n) is 3.23. The van der Waals surface area contributed by atoms with Crippen LogP contribution in [0.4, 0.5) is 0 Å². The molecule has 2 aliphatic rings. The number of amides is 1. The molecule has 2 saturated heterocycles. The molecule has 0 aromatic carbocycles. The van der Waals surface area contributed by atoms with Gasteiger partial charge in [-0.1, -0.05) is 5.57 Å². The smallest absolute Gasteiger partial charge is 0.330 e. The molecule has 0 bridgehead atoms. The number of fused-ring (bicyclic) bond motifs is 1. The van der Waals surface area contributed by atoms with Crippen LogP contribution >= 0.6 is 0 Å². The number of hydrogen-bond acceptors (Lipinski definition) is 3. The van der Waals surface area contributed by atoms with Crippen molar-refractivity contribution in [1.29, 1.82) is 0 Å². The first-order valence-corrected chi connectivity index (χ1v) is 5.86. The van der Waals surface area contributed by atoms with E-state index in [4.69, 9.17) is 4.74 Å². The highest BCUT2D eigenvalue weighted by Crippen LogP contribution is 2.30. The van der Waals surface area contributed by atoms with E-state index in [1.165, 1.54) is 0 Å². The Balaban J connectivity index is 1.96. The van der Waals surface area contributed by atoms with E-state index in [1.807, 2.05) is 4.90 Å². The molecule has 2 rings (SSSR count). The molecule has 1 atom stereocenters. The van der Waals surface area contributed by atoms with Gasteiger partial charge in [-0.2, -0.15) is 0 Å². The van der Waals surface area contributed by atoms with Crippen molar-refractivity contribution in [3.8, 4) is 0 Å². The Hall–Kier alpha value is -1.32. The zero-order chi connectivity index (χ0) is 11.5. The fraction of sp³-hybridized carbons (Fsp3) is 0.667. The van der Waals surface area contributed by atoms with Crippen LogP contribution in [0.3, 0.4) is 0 Å². The zero-order valence-corrected chi connectivity index (χ0v) is 9.57. The highest BCUT2D eigenvalue weighted by molar-refractivity contribution is 5.83. The number of ether oxygens (including phenoxy) is 1. The number of esters is 1. The summed E-state index contributed by atoms with van der Waals surface area (Å²) in [6, 6.07) is 0.321. The zero-order valence-electron chi connectivity index (χ0n) is 9.57. The van der Waals surface area contributed by atoms with Crippen molar-refractivity contribution in [2.75, 3.05) is 13.2 Å². The lowest BCUT2D eigenvalue weighted by Crippen LogP contribution is -2.38. The summed E-state index contributed by atoms with van der Waals surface area (Å²) in [6.45, 7) is 2.97. The maximum atomic E-state index is 11.5. The number of hydrogen-bond donors (Lipinski definition) is 0. The Kier molecular flexibility index (Phi) is 3.27. The molecule has 2 aliphatic heterocycles. The number of carbonyl (C=O) groups is 2. The van der Waals surface area contributed by atoms with Gasteiger partial charge in [-0.05, 0) is 26.2 Å². The lowest BCUT2D eigenvalue weighted by atomic mass is 9.97. The molecule has 0 saturated carbocycles. The molecule has 4 nitrogen and oxygen atoms in total. The van der Waals surface area contributed by atoms with Crippen LogP contribution in [0.2, 0.25) is 0 Å². The maximum Gasteiger partial charge on any atom is 0.330 e. The Labute approximate surface area is 95.2 Å². The van der Waals surface area contributed by atoms with Gasteiger partial charge >= 0.3 is 5.97 Å². The van der Waals surface area contributed by atoms with Gasteiger partial charge < -0.3 is 9.64 Å². The second-order valence-electron chi connectivity index (χ2n) is 4.29. The molecule has 0 radical (unpaired) electrons. The minimum atomic E-state index is -0.254. The van der Waals surface area contributed by atoms with Crippen molar-refractivity contribution in [2.24, 2.45) is 0 Å². The summed E-state index contributed by atoms with van der Waals surface area (Å²) >= 11 is 0. The van der Waals surface area contributed by atoms with E-state index in [9.17, 15) is 9.59 Å². The van der Waals surface area contributed by atoms with Crippen LogP contribution in [0.15, 0.2) is 11.6 Å². The first-order valence-electron chi connectivity index (χ1n) is 5.86. The molecule has 0 N–H and O–H groups in total. The Morgan fingerprint density at radius 2 is 2.38 bits per heavy atom. The summed E-state index contributed by atoms with van der Waals surface area (Å²) in [7, 11) is 0. The van der Waals surface area contributed by atoms with E-state index in [0.29, 0.717) is 19.1 Å². The average molecular weight is 223 g/mol. The van der Waals surface area contributed by atoms with Crippen LogP contribution < -0.4 is 0 Å². The van der Waals surface area contributed by atoms with Crippen LogP contribution in [-0.2, 0) is 14.3 Å². The van der Waals surface area contributed by atoms with Crippen molar-refractivity contribution in [1.82, 2.24) is 4.90 Å². The number of rotatable bonds is 2. The monoisotopic (exact) mass is 223 g/mol. The van der Waals surface area contributed by atoms with E-state index in [0.717, 1.165) is 31.4 Å². The van der Waals surface area contributed by atoms with E-state index in [2.05, 4.69) is 0 Å². The number of piperidine rings is 1. The van der Waals surface area contributed by atoms with Crippen molar-refractivity contribution >= 4 is 11.9 Å². The van der Waals surface area contributed by atoms with Gasteiger partial charge in [0.2, 0.25) is 5.91 Å². The molecule has 0 spiro atoms. The normalized spacial score (nSPS) is 27.1. The number of nitrogens with zero attached hydrogens (tertiary/aromatic N) is 1. The van der Waals surface area contributed by atoms with E-state index in [1.54, 1.807) is 13.0 Å². The number of carbonyl (C=O) groups excluding carboxylic acids is 2. The highest BCUT2D eigenvalue weighted by atomic mass is 16.5. The van der Waals surface area contributed by atoms with E-state index < -0.39 is 0 Å². The molecule has 16 heavy (non-hydrogen) atoms. The molecule has 2 fully saturated rings. The van der Waals surface area contributed by atoms with Crippen molar-refractivity contribution in [2.45, 2.75) is 38.6 Å². The summed E-state index contributed by atoms with van der Waals surface area (Å²) in [4.78, 5) is 24.7. The van der Waals surface area contributed by atoms with Gasteiger partial charge in [0.05, 0.1) is 6.61 Å². The molecule has 88 valence electrons. The van der Waals surface area contributed by atoms with Crippen LogP contribution in [0.1, 0.15) is 32.6 Å². The predicted octanol–water partition coefficient (Wildman–Crippen LogP) is 1.26. The fourth-order valence-corrected chi connectivity index (χ4v) is 2.46. The summed E-state index contributed by atoms with van der Waals surface area (Å²) in [5.74, 6) is 0.00968. The predicted molar refractivity (Wildman–Crippen MR) is 58.7 cm³/mol. The Morgan fingerprint density at radius 3 is 3.12 bits per heavy atom. The Bertz CT molecular complexity index is 335. The molecule has 0 aromatic rings. The van der Waals surface area contributed by atoms with Crippen LogP contribution in [-0.4, -0.2) is 36.0 Å². The summed E-state index contributed by atoms with van der Waals surface area (Å²) < 4.78 is 4.88. The van der Waals surface area contributed by atoms with Gasteiger partial charge in [0, 0.05) is 25.1 Å². The van der Waals surface area contributed by atoms with Crippen LogP contribution in [0.25, 0.3) is 0 Å². The molecule has 4 heteroatoms. The van der Waals surface area contributed by atoms with Gasteiger partial charge in [0.1, 0.15) is 0 Å². The van der Waals surface area contributed by atoms with Gasteiger partial charge in [0.15, 0.2) is 0 Å². The van der Waals surface area contributed by atoms with Gasteiger partial charge in [0.25, 0.3) is 0 Å². The first-order chi connectivity index (χ1) is 7.70. The van der Waals surface area contributed by atoms with E-state index >= 15 is 0 Å². The minimum Gasteiger partial charge on any atom is -0.463 e. The van der Waals surface area contributed by atoms with Crippen LogP contribution in [0, 0.1) is 0 Å². The lowest BCUT2D eigenvalue weighted by Gasteiger charge is -2.31. The molecule has 1 unspecified atom stereocenters. The fourth-order valence-electron chi connectivity index (χ4n) is 2.46. The third kappa shape index (κ3) is 2.26. The van der Waals surface area contributed by atoms with Gasteiger partial charge in [-0.3, -0.25) is 4.79 Å². The highest BCUT2D eigenvalue weighted by Gasteiger charge is 2.34. The molecule has 1 amide bonds. The second kappa shape index (κ2) is 4.68. The third-order valence-corrected chi connectivity index (χ3v) is 3.23. The van der Waals surface area contributed by atoms with Crippen molar-refractivity contribution < 1.29 is 14.3 Å². The lowest BCUT2D eigenvalue weighted by molar-refractivity contribution is -0.137. The Morgan fingerprint density at radius 1 is 1.56 bits per heavy atom. The average Bonchev–Trinajstić information content (AvgIpc) is 2.60. The second-order valence-corrected chi connectivity index (χ2v) is 4.29. The quantitative estimate of drug-likeness (QED) is 0.523. The van der Waals surface area contributed by atoms with E-state index in [-0.39, 0.29) is 11.9 Å². The summed E-state index contributed by atoms with van der Waals surface area (Å²) in [6.07, 6.45) is 4.84. The molecular formula is C12H17NO3. The standard InChI is InChI=1S/C12H17NO3/c1-2-16-12(15)8-9-5-6-13-10(7-9)3-4-11(13)14/h8,10H,2-7H2,1H3. The minimum absolute atomic E-state index is 0.254. The molecular weight excluding hydrogens is 206 g/mol. The molecule has 0 aliphatic carbocycles. The van der Waals surface area contributed by atoms with Crippen molar-refractivity contribution in [3.63, 3.8) is 0 Å². The molecule has 0 aromatic heterocycles. The topological polar surface area (TPSA) is 46.6 Å². The van der Waals surface area contributed by atoms with Crippen molar-refractivity contribution in [3.05, 3.63) is 11.6 Å².